The second kappa shape index (κ2) is 5.33. The van der Waals surface area contributed by atoms with E-state index < -0.39 is 0 Å². The van der Waals surface area contributed by atoms with Crippen LogP contribution in [0.3, 0.4) is 0 Å². The quantitative estimate of drug-likeness (QED) is 0.840. The molecule has 0 heterocycles. The Labute approximate surface area is 104 Å². The van der Waals surface area contributed by atoms with E-state index in [4.69, 9.17) is 5.26 Å². The van der Waals surface area contributed by atoms with Crippen molar-refractivity contribution in [1.82, 2.24) is 5.32 Å². The van der Waals surface area contributed by atoms with Crippen LogP contribution in [-0.2, 0) is 6.54 Å². The van der Waals surface area contributed by atoms with Crippen LogP contribution in [0.5, 0.6) is 0 Å². The van der Waals surface area contributed by atoms with E-state index in [2.05, 4.69) is 24.4 Å². The summed E-state index contributed by atoms with van der Waals surface area (Å²) in [4.78, 5) is 0. The first kappa shape index (κ1) is 12.1. The van der Waals surface area contributed by atoms with Crippen molar-refractivity contribution in [1.29, 1.82) is 5.26 Å². The first-order chi connectivity index (χ1) is 8.28. The molecular weight excluding hydrogens is 208 g/mol. The average Bonchev–Trinajstić information content (AvgIpc) is 2.33. The molecule has 0 spiro atoms. The minimum Gasteiger partial charge on any atom is -0.312 e. The summed E-state index contributed by atoms with van der Waals surface area (Å²) in [6.45, 7) is 4.27. The van der Waals surface area contributed by atoms with E-state index in [9.17, 15) is 0 Å². The lowest BCUT2D eigenvalue weighted by Gasteiger charge is -2.41. The molecular formula is C15H20N2. The fourth-order valence-corrected chi connectivity index (χ4v) is 2.55. The van der Waals surface area contributed by atoms with Gasteiger partial charge in [-0.2, -0.15) is 5.26 Å². The number of hydrogen-bond acceptors (Lipinski definition) is 2. The molecule has 2 rings (SSSR count). The molecule has 2 nitrogen and oxygen atoms in total. The Morgan fingerprint density at radius 1 is 1.41 bits per heavy atom. The van der Waals surface area contributed by atoms with Gasteiger partial charge >= 0.3 is 0 Å². The molecule has 1 aliphatic carbocycles. The fraction of sp³-hybridized carbons (Fsp3) is 0.533. The van der Waals surface area contributed by atoms with Gasteiger partial charge < -0.3 is 5.32 Å². The standard InChI is InChI=1S/C15H20N2/c1-2-15(7-4-8-15)12-17-11-14-6-3-5-13(9-14)10-16/h3,5-6,9,17H,2,4,7-8,11-12H2,1H3. The van der Waals surface area contributed by atoms with E-state index in [-0.39, 0.29) is 0 Å². The minimum atomic E-state index is 0.562. The number of hydrogen-bond donors (Lipinski definition) is 1. The third kappa shape index (κ3) is 2.87. The molecule has 0 amide bonds. The number of nitrogens with one attached hydrogen (secondary N) is 1. The average molecular weight is 228 g/mol. The van der Waals surface area contributed by atoms with Gasteiger partial charge in [0.25, 0.3) is 0 Å². The molecule has 0 bridgehead atoms. The molecule has 1 saturated carbocycles. The maximum Gasteiger partial charge on any atom is 0.0991 e. The third-order valence-corrected chi connectivity index (χ3v) is 4.05. The molecule has 0 saturated heterocycles. The van der Waals surface area contributed by atoms with Gasteiger partial charge in [0, 0.05) is 13.1 Å². The van der Waals surface area contributed by atoms with Crippen molar-refractivity contribution in [3.63, 3.8) is 0 Å². The zero-order valence-corrected chi connectivity index (χ0v) is 10.5. The van der Waals surface area contributed by atoms with E-state index in [0.29, 0.717) is 5.41 Å². The van der Waals surface area contributed by atoms with Gasteiger partial charge in [0.1, 0.15) is 0 Å². The van der Waals surface area contributed by atoms with Crippen LogP contribution in [0.25, 0.3) is 0 Å². The summed E-state index contributed by atoms with van der Waals surface area (Å²) < 4.78 is 0. The summed E-state index contributed by atoms with van der Waals surface area (Å²) in [5.41, 5.74) is 2.51. The SMILES string of the molecule is CCC1(CNCc2cccc(C#N)c2)CCC1. The Kier molecular flexibility index (Phi) is 3.81. The van der Waals surface area contributed by atoms with Crippen LogP contribution in [0.1, 0.15) is 43.7 Å². The van der Waals surface area contributed by atoms with Crippen LogP contribution in [0.4, 0.5) is 0 Å². The first-order valence-corrected chi connectivity index (χ1v) is 6.48. The molecule has 90 valence electrons. The van der Waals surface area contributed by atoms with E-state index in [1.54, 1.807) is 0 Å². The van der Waals surface area contributed by atoms with Crippen molar-refractivity contribution >= 4 is 0 Å². The maximum absolute atomic E-state index is 8.83. The lowest BCUT2D eigenvalue weighted by molar-refractivity contribution is 0.124. The molecule has 0 aliphatic heterocycles. The van der Waals surface area contributed by atoms with Gasteiger partial charge in [-0.3, -0.25) is 0 Å². The van der Waals surface area contributed by atoms with Gasteiger partial charge in [0.15, 0.2) is 0 Å². The molecule has 17 heavy (non-hydrogen) atoms. The molecule has 0 unspecified atom stereocenters. The lowest BCUT2D eigenvalue weighted by Crippen LogP contribution is -2.39. The maximum atomic E-state index is 8.83. The van der Waals surface area contributed by atoms with E-state index in [1.807, 2.05) is 18.2 Å². The molecule has 0 aromatic heterocycles. The topological polar surface area (TPSA) is 35.8 Å². The molecule has 1 aliphatic rings. The van der Waals surface area contributed by atoms with Crippen LogP contribution < -0.4 is 5.32 Å². The van der Waals surface area contributed by atoms with Crippen molar-refractivity contribution in [3.8, 4) is 6.07 Å². The molecule has 1 N–H and O–H groups in total. The predicted molar refractivity (Wildman–Crippen MR) is 69.4 cm³/mol. The second-order valence-corrected chi connectivity index (χ2v) is 5.12. The fourth-order valence-electron chi connectivity index (χ4n) is 2.55. The van der Waals surface area contributed by atoms with Crippen LogP contribution in [0, 0.1) is 16.7 Å². The number of nitrogens with zero attached hydrogens (tertiary/aromatic N) is 1. The summed E-state index contributed by atoms with van der Waals surface area (Å²) in [7, 11) is 0. The highest BCUT2D eigenvalue weighted by atomic mass is 14.9. The number of benzene rings is 1. The van der Waals surface area contributed by atoms with Gasteiger partial charge in [-0.05, 0) is 42.4 Å². The zero-order chi connectivity index (χ0) is 12.1. The van der Waals surface area contributed by atoms with Crippen LogP contribution in [0.15, 0.2) is 24.3 Å². The highest BCUT2D eigenvalue weighted by Crippen LogP contribution is 2.43. The zero-order valence-electron chi connectivity index (χ0n) is 10.5. The summed E-state index contributed by atoms with van der Waals surface area (Å²) in [6.07, 6.45) is 5.40. The Morgan fingerprint density at radius 3 is 2.82 bits per heavy atom. The van der Waals surface area contributed by atoms with E-state index in [1.165, 1.54) is 31.2 Å². The van der Waals surface area contributed by atoms with Gasteiger partial charge in [0.05, 0.1) is 11.6 Å². The first-order valence-electron chi connectivity index (χ1n) is 6.48. The summed E-state index contributed by atoms with van der Waals surface area (Å²) >= 11 is 0. The molecule has 1 fully saturated rings. The molecule has 1 aromatic rings. The van der Waals surface area contributed by atoms with E-state index in [0.717, 1.165) is 18.7 Å². The second-order valence-electron chi connectivity index (χ2n) is 5.12. The van der Waals surface area contributed by atoms with Crippen LogP contribution >= 0.6 is 0 Å². The molecule has 0 atom stereocenters. The Bertz CT molecular complexity index is 408. The summed E-state index contributed by atoms with van der Waals surface area (Å²) in [5.74, 6) is 0. The smallest absolute Gasteiger partial charge is 0.0991 e. The Hall–Kier alpha value is -1.33. The highest BCUT2D eigenvalue weighted by molar-refractivity contribution is 5.32. The molecule has 2 heteroatoms. The van der Waals surface area contributed by atoms with Crippen LogP contribution in [-0.4, -0.2) is 6.54 Å². The van der Waals surface area contributed by atoms with Crippen molar-refractivity contribution in [2.45, 2.75) is 39.2 Å². The Balaban J connectivity index is 1.83. The van der Waals surface area contributed by atoms with Crippen molar-refractivity contribution in [2.75, 3.05) is 6.54 Å². The Morgan fingerprint density at radius 2 is 2.24 bits per heavy atom. The van der Waals surface area contributed by atoms with E-state index >= 15 is 0 Å². The largest absolute Gasteiger partial charge is 0.312 e. The van der Waals surface area contributed by atoms with Crippen molar-refractivity contribution < 1.29 is 0 Å². The summed E-state index contributed by atoms with van der Waals surface area (Å²) in [5, 5.41) is 12.4. The summed E-state index contributed by atoms with van der Waals surface area (Å²) in [6, 6.07) is 10.0. The minimum absolute atomic E-state index is 0.562. The molecule has 0 radical (unpaired) electrons. The number of rotatable bonds is 5. The normalized spacial score (nSPS) is 17.2. The van der Waals surface area contributed by atoms with Crippen molar-refractivity contribution in [3.05, 3.63) is 35.4 Å². The van der Waals surface area contributed by atoms with Gasteiger partial charge in [0.2, 0.25) is 0 Å². The van der Waals surface area contributed by atoms with Gasteiger partial charge in [-0.25, -0.2) is 0 Å². The third-order valence-electron chi connectivity index (χ3n) is 4.05. The molecule has 1 aromatic carbocycles. The predicted octanol–water partition coefficient (Wildman–Crippen LogP) is 3.23. The number of nitriles is 1. The monoisotopic (exact) mass is 228 g/mol. The van der Waals surface area contributed by atoms with Gasteiger partial charge in [-0.15, -0.1) is 0 Å². The van der Waals surface area contributed by atoms with Gasteiger partial charge in [-0.1, -0.05) is 25.5 Å². The van der Waals surface area contributed by atoms with Crippen molar-refractivity contribution in [2.24, 2.45) is 5.41 Å². The van der Waals surface area contributed by atoms with Crippen LogP contribution in [0.2, 0.25) is 0 Å². The highest BCUT2D eigenvalue weighted by Gasteiger charge is 2.34. The lowest BCUT2D eigenvalue weighted by atomic mass is 9.67.